The molecule has 0 aromatic heterocycles. The third-order valence-corrected chi connectivity index (χ3v) is 5.45. The first-order valence-corrected chi connectivity index (χ1v) is 9.98. The molecule has 1 saturated carbocycles. The molecule has 0 spiro atoms. The molecule has 29 heavy (non-hydrogen) atoms. The van der Waals surface area contributed by atoms with Gasteiger partial charge in [-0.05, 0) is 60.6 Å². The molecule has 1 aliphatic rings. The van der Waals surface area contributed by atoms with Crippen molar-refractivity contribution in [2.45, 2.75) is 43.7 Å². The van der Waals surface area contributed by atoms with Crippen LogP contribution in [-0.4, -0.2) is 30.3 Å². The zero-order valence-electron chi connectivity index (χ0n) is 16.6. The topological polar surface area (TPSA) is 81.6 Å². The van der Waals surface area contributed by atoms with E-state index in [9.17, 15) is 15.0 Å². The van der Waals surface area contributed by atoms with E-state index in [1.54, 1.807) is 24.3 Å². The number of nitrogens with one attached hydrogen (secondary N) is 1. The molecule has 0 aliphatic heterocycles. The van der Waals surface area contributed by atoms with Crippen LogP contribution in [-0.2, 0) is 4.79 Å². The summed E-state index contributed by atoms with van der Waals surface area (Å²) in [4.78, 5) is 10.5. The maximum absolute atomic E-state index is 10.5. The molecular formula is C22H25ClNNaO4. The molecule has 3 rings (SSSR count). The Balaban J connectivity index is 0.00000300. The van der Waals surface area contributed by atoms with Crippen LogP contribution in [0.4, 0.5) is 0 Å². The van der Waals surface area contributed by atoms with E-state index in [0.717, 1.165) is 31.2 Å². The van der Waals surface area contributed by atoms with E-state index in [1.807, 2.05) is 24.3 Å². The minimum Gasteiger partial charge on any atom is -0.546 e. The quantitative estimate of drug-likeness (QED) is 0.574. The molecule has 2 unspecified atom stereocenters. The number of hydrogen-bond acceptors (Lipinski definition) is 5. The van der Waals surface area contributed by atoms with Crippen molar-refractivity contribution in [2.24, 2.45) is 0 Å². The number of ether oxygens (including phenoxy) is 1. The number of carboxylic acid groups (broad SMARTS) is 1. The van der Waals surface area contributed by atoms with Gasteiger partial charge in [0.2, 0.25) is 0 Å². The molecule has 1 fully saturated rings. The summed E-state index contributed by atoms with van der Waals surface area (Å²) in [5.74, 6) is -0.266. The Hall–Kier alpha value is -1.08. The van der Waals surface area contributed by atoms with Gasteiger partial charge in [0.05, 0.1) is 12.1 Å². The van der Waals surface area contributed by atoms with Crippen molar-refractivity contribution in [2.75, 3.05) is 13.2 Å². The minimum absolute atomic E-state index is 0. The number of aliphatic hydroxyl groups is 1. The van der Waals surface area contributed by atoms with Crippen LogP contribution >= 0.6 is 11.6 Å². The molecule has 3 atom stereocenters. The predicted molar refractivity (Wildman–Crippen MR) is 106 cm³/mol. The summed E-state index contributed by atoms with van der Waals surface area (Å²) in [6, 6.07) is 15.3. The number of carbonyl (C=O) groups is 1. The van der Waals surface area contributed by atoms with Gasteiger partial charge in [0.15, 0.2) is 0 Å². The van der Waals surface area contributed by atoms with Crippen molar-refractivity contribution in [1.29, 1.82) is 0 Å². The van der Waals surface area contributed by atoms with E-state index >= 15 is 0 Å². The maximum Gasteiger partial charge on any atom is 1.00 e. The van der Waals surface area contributed by atoms with E-state index < -0.39 is 18.7 Å². The normalized spacial score (nSPS) is 19.8. The molecule has 0 saturated heterocycles. The number of carboxylic acids is 1. The first-order valence-electron chi connectivity index (χ1n) is 9.61. The predicted octanol–water partition coefficient (Wildman–Crippen LogP) is -0.178. The van der Waals surface area contributed by atoms with Gasteiger partial charge in [-0.1, -0.05) is 42.3 Å². The molecule has 1 aliphatic carbocycles. The standard InChI is InChI=1S/C22H26ClNO4.Na/c23-18-5-1-4-17(11-18)21(25)13-24-19-6-2-3-16(12-19)15-7-9-20(10-8-15)28-14-22(26)27;/h1,4-5,7-11,16,19,21,24-25H,2-3,6,12-14H2,(H,26,27);/q;+1/p-1/t16?,19?,21-;/m0./s1. The number of carbonyl (C=O) groups excluding carboxylic acids is 1. The second kappa shape index (κ2) is 11.9. The SMILES string of the molecule is O=C([O-])COc1ccc(C2CCCC(NC[C@H](O)c3cccc(Cl)c3)C2)cc1.[Na+]. The Morgan fingerprint density at radius 1 is 1.24 bits per heavy atom. The van der Waals surface area contributed by atoms with Crippen molar-refractivity contribution in [3.8, 4) is 5.75 Å². The molecule has 0 amide bonds. The zero-order chi connectivity index (χ0) is 19.9. The second-order valence-electron chi connectivity index (χ2n) is 7.27. The van der Waals surface area contributed by atoms with Gasteiger partial charge < -0.3 is 25.1 Å². The fourth-order valence-electron chi connectivity index (χ4n) is 3.77. The van der Waals surface area contributed by atoms with Crippen LogP contribution in [0.15, 0.2) is 48.5 Å². The summed E-state index contributed by atoms with van der Waals surface area (Å²) >= 11 is 6.00. The summed E-state index contributed by atoms with van der Waals surface area (Å²) < 4.78 is 5.13. The Labute approximate surface area is 198 Å². The Morgan fingerprint density at radius 3 is 2.69 bits per heavy atom. The Kier molecular flexibility index (Phi) is 9.96. The third-order valence-electron chi connectivity index (χ3n) is 5.22. The van der Waals surface area contributed by atoms with Crippen LogP contribution in [0.25, 0.3) is 0 Å². The number of aliphatic hydroxyl groups excluding tert-OH is 1. The largest absolute Gasteiger partial charge is 1.00 e. The van der Waals surface area contributed by atoms with Crippen LogP contribution in [0.5, 0.6) is 5.75 Å². The second-order valence-corrected chi connectivity index (χ2v) is 7.71. The fourth-order valence-corrected chi connectivity index (χ4v) is 3.97. The van der Waals surface area contributed by atoms with Crippen molar-refractivity contribution in [3.63, 3.8) is 0 Å². The number of halogens is 1. The summed E-state index contributed by atoms with van der Waals surface area (Å²) in [6.07, 6.45) is 3.75. The van der Waals surface area contributed by atoms with E-state index in [2.05, 4.69) is 5.32 Å². The van der Waals surface area contributed by atoms with Crippen molar-refractivity contribution >= 4 is 17.6 Å². The first kappa shape index (κ1) is 24.2. The van der Waals surface area contributed by atoms with Crippen LogP contribution in [0.1, 0.15) is 48.8 Å². The van der Waals surface area contributed by atoms with Crippen molar-refractivity contribution < 1.29 is 49.3 Å². The van der Waals surface area contributed by atoms with Gasteiger partial charge in [-0.25, -0.2) is 0 Å². The molecule has 0 heterocycles. The molecule has 0 radical (unpaired) electrons. The van der Waals surface area contributed by atoms with Crippen LogP contribution < -0.4 is 44.7 Å². The minimum atomic E-state index is -1.23. The average molecular weight is 426 g/mol. The first-order chi connectivity index (χ1) is 13.5. The van der Waals surface area contributed by atoms with Gasteiger partial charge in [0, 0.05) is 17.6 Å². The van der Waals surface area contributed by atoms with E-state index in [0.29, 0.717) is 29.3 Å². The van der Waals surface area contributed by atoms with Gasteiger partial charge in [0.25, 0.3) is 0 Å². The Morgan fingerprint density at radius 2 is 2.00 bits per heavy atom. The van der Waals surface area contributed by atoms with Gasteiger partial charge in [-0.3, -0.25) is 0 Å². The third kappa shape index (κ3) is 7.59. The van der Waals surface area contributed by atoms with Crippen molar-refractivity contribution in [3.05, 3.63) is 64.7 Å². The molecule has 2 aromatic carbocycles. The smallest absolute Gasteiger partial charge is 0.546 e. The molecule has 2 aromatic rings. The van der Waals surface area contributed by atoms with Crippen LogP contribution in [0, 0.1) is 0 Å². The van der Waals surface area contributed by atoms with E-state index in [-0.39, 0.29) is 29.6 Å². The zero-order valence-corrected chi connectivity index (χ0v) is 19.4. The van der Waals surface area contributed by atoms with Crippen molar-refractivity contribution in [1.82, 2.24) is 5.32 Å². The monoisotopic (exact) mass is 425 g/mol. The van der Waals surface area contributed by atoms with Crippen LogP contribution in [0.3, 0.4) is 0 Å². The van der Waals surface area contributed by atoms with Gasteiger partial charge in [0.1, 0.15) is 12.4 Å². The number of aliphatic carboxylic acids is 1. The number of benzene rings is 2. The summed E-state index contributed by atoms with van der Waals surface area (Å²) in [7, 11) is 0. The summed E-state index contributed by atoms with van der Waals surface area (Å²) in [5.41, 5.74) is 2.04. The number of hydrogen-bond donors (Lipinski definition) is 2. The molecular weight excluding hydrogens is 401 g/mol. The number of rotatable bonds is 8. The molecule has 150 valence electrons. The Bertz CT molecular complexity index is 787. The summed E-state index contributed by atoms with van der Waals surface area (Å²) in [6.45, 7) is 0.0530. The maximum atomic E-state index is 10.5. The fraction of sp³-hybridized carbons (Fsp3) is 0.409. The van der Waals surface area contributed by atoms with E-state index in [1.165, 1.54) is 5.56 Å². The molecule has 7 heteroatoms. The van der Waals surface area contributed by atoms with Gasteiger partial charge >= 0.3 is 29.6 Å². The van der Waals surface area contributed by atoms with Crippen LogP contribution in [0.2, 0.25) is 5.02 Å². The molecule has 5 nitrogen and oxygen atoms in total. The average Bonchev–Trinajstić information content (AvgIpc) is 2.71. The van der Waals surface area contributed by atoms with Gasteiger partial charge in [-0.15, -0.1) is 0 Å². The molecule has 0 bridgehead atoms. The van der Waals surface area contributed by atoms with Gasteiger partial charge in [-0.2, -0.15) is 0 Å². The van der Waals surface area contributed by atoms with E-state index in [4.69, 9.17) is 16.3 Å². The summed E-state index contributed by atoms with van der Waals surface area (Å²) in [5, 5.41) is 25.0. The molecule has 2 N–H and O–H groups in total.